The molecular formula is C62H119NO10. The van der Waals surface area contributed by atoms with Crippen molar-refractivity contribution in [3.63, 3.8) is 0 Å². The van der Waals surface area contributed by atoms with E-state index in [0.717, 1.165) is 57.8 Å². The summed E-state index contributed by atoms with van der Waals surface area (Å²) < 4.78 is 16.7. The first kappa shape index (κ1) is 69.4. The molecule has 1 aliphatic rings. The van der Waals surface area contributed by atoms with Crippen LogP contribution < -0.4 is 5.32 Å². The Morgan fingerprint density at radius 3 is 1.27 bits per heavy atom. The Morgan fingerprint density at radius 1 is 0.493 bits per heavy atom. The summed E-state index contributed by atoms with van der Waals surface area (Å²) in [5.41, 5.74) is 0. The second-order valence-electron chi connectivity index (χ2n) is 22.1. The lowest BCUT2D eigenvalue weighted by atomic mass is 9.99. The maximum absolute atomic E-state index is 13.1. The highest BCUT2D eigenvalue weighted by Gasteiger charge is 2.44. The van der Waals surface area contributed by atoms with Crippen LogP contribution in [0.2, 0.25) is 0 Å². The van der Waals surface area contributed by atoms with Gasteiger partial charge in [-0.15, -0.1) is 0 Å². The normalized spacial score (nSPS) is 18.9. The van der Waals surface area contributed by atoms with Crippen molar-refractivity contribution in [2.45, 2.75) is 352 Å². The minimum Gasteiger partial charge on any atom is -0.466 e. The number of aliphatic hydroxyl groups excluding tert-OH is 5. The van der Waals surface area contributed by atoms with E-state index in [1.807, 2.05) is 6.08 Å². The molecule has 1 heterocycles. The highest BCUT2D eigenvalue weighted by atomic mass is 16.7. The molecule has 0 spiro atoms. The van der Waals surface area contributed by atoms with E-state index >= 15 is 0 Å². The molecule has 1 rings (SSSR count). The van der Waals surface area contributed by atoms with Gasteiger partial charge in [0.25, 0.3) is 0 Å². The number of esters is 1. The molecule has 0 aromatic heterocycles. The molecule has 1 fully saturated rings. The zero-order valence-corrected chi connectivity index (χ0v) is 47.6. The fraction of sp³-hybridized carbons (Fsp3) is 0.935. The van der Waals surface area contributed by atoms with Crippen molar-refractivity contribution in [3.05, 3.63) is 12.2 Å². The average Bonchev–Trinajstić information content (AvgIpc) is 3.39. The van der Waals surface area contributed by atoms with Crippen LogP contribution in [0.3, 0.4) is 0 Å². The molecule has 0 aromatic rings. The fourth-order valence-electron chi connectivity index (χ4n) is 10.1. The number of nitrogens with one attached hydrogen (secondary N) is 1. The third-order valence-electron chi connectivity index (χ3n) is 15.2. The molecule has 7 atom stereocenters. The van der Waals surface area contributed by atoms with Crippen molar-refractivity contribution >= 4 is 11.9 Å². The monoisotopic (exact) mass is 1040 g/mol. The summed E-state index contributed by atoms with van der Waals surface area (Å²) in [4.78, 5) is 25.1. The lowest BCUT2D eigenvalue weighted by Gasteiger charge is -2.40. The van der Waals surface area contributed by atoms with Crippen LogP contribution in [0.1, 0.15) is 309 Å². The van der Waals surface area contributed by atoms with Crippen LogP contribution in [0.4, 0.5) is 0 Å². The van der Waals surface area contributed by atoms with Gasteiger partial charge in [0.15, 0.2) is 6.29 Å². The molecule has 1 aliphatic heterocycles. The molecule has 1 saturated heterocycles. The van der Waals surface area contributed by atoms with E-state index in [9.17, 15) is 35.1 Å². The average molecular weight is 1040 g/mol. The van der Waals surface area contributed by atoms with Gasteiger partial charge in [0.1, 0.15) is 24.4 Å². The third kappa shape index (κ3) is 42.1. The summed E-state index contributed by atoms with van der Waals surface area (Å²) in [7, 11) is 0. The molecule has 0 aromatic carbocycles. The molecule has 7 unspecified atom stereocenters. The first-order valence-electron chi connectivity index (χ1n) is 31.5. The van der Waals surface area contributed by atoms with Crippen molar-refractivity contribution in [2.75, 3.05) is 19.8 Å². The minimum absolute atomic E-state index is 0.00299. The summed E-state index contributed by atoms with van der Waals surface area (Å²) >= 11 is 0. The maximum Gasteiger partial charge on any atom is 0.305 e. The fourth-order valence-corrected chi connectivity index (χ4v) is 10.1. The molecule has 6 N–H and O–H groups in total. The Hall–Kier alpha value is -1.60. The molecule has 11 heteroatoms. The van der Waals surface area contributed by atoms with Gasteiger partial charge >= 0.3 is 5.97 Å². The third-order valence-corrected chi connectivity index (χ3v) is 15.2. The van der Waals surface area contributed by atoms with Gasteiger partial charge in [-0.2, -0.15) is 0 Å². The van der Waals surface area contributed by atoms with Gasteiger partial charge in [-0.05, 0) is 32.1 Å². The van der Waals surface area contributed by atoms with Crippen LogP contribution in [0.15, 0.2) is 12.2 Å². The zero-order chi connectivity index (χ0) is 53.1. The van der Waals surface area contributed by atoms with Gasteiger partial charge in [-0.25, -0.2) is 0 Å². The Balaban J connectivity index is 2.07. The van der Waals surface area contributed by atoms with Crippen LogP contribution in [0.5, 0.6) is 0 Å². The minimum atomic E-state index is -1.57. The number of aliphatic hydroxyl groups is 5. The number of ether oxygens (including phenoxy) is 3. The molecule has 73 heavy (non-hydrogen) atoms. The van der Waals surface area contributed by atoms with Crippen LogP contribution >= 0.6 is 0 Å². The molecule has 0 aliphatic carbocycles. The van der Waals surface area contributed by atoms with Crippen LogP contribution in [0.25, 0.3) is 0 Å². The summed E-state index contributed by atoms with van der Waals surface area (Å²) in [5, 5.41) is 54.5. The number of hydrogen-bond donors (Lipinski definition) is 6. The van der Waals surface area contributed by atoms with Crippen molar-refractivity contribution in [1.82, 2.24) is 5.32 Å². The van der Waals surface area contributed by atoms with Crippen LogP contribution in [0, 0.1) is 0 Å². The number of allylic oxidation sites excluding steroid dienone is 1. The SMILES string of the molecule is CCCCCCCCCCCCCC/C=C/C(O)C(COC1OC(CO)C(O)C(O)C1O)NC(=O)CCCCCCCCCCCCCCCCCCCCCCOC(=O)CCCCCCCCCCCCC. The van der Waals surface area contributed by atoms with E-state index in [0.29, 0.717) is 19.4 Å². The van der Waals surface area contributed by atoms with E-state index in [2.05, 4.69) is 19.2 Å². The quantitative estimate of drug-likeness (QED) is 0.0195. The Morgan fingerprint density at radius 2 is 0.863 bits per heavy atom. The molecule has 0 saturated carbocycles. The first-order valence-corrected chi connectivity index (χ1v) is 31.5. The predicted octanol–water partition coefficient (Wildman–Crippen LogP) is 14.7. The summed E-state index contributed by atoms with van der Waals surface area (Å²) in [6, 6.07) is -0.810. The summed E-state index contributed by atoms with van der Waals surface area (Å²) in [6.07, 6.45) is 51.5. The summed E-state index contributed by atoms with van der Waals surface area (Å²) in [5.74, 6) is -0.184. The van der Waals surface area contributed by atoms with Crippen molar-refractivity contribution < 1.29 is 49.3 Å². The standard InChI is InChI=1S/C62H119NO10/c1-3-5-7-9-11-13-15-16-25-29-32-36-40-44-48-55(65)54(53-72-62-61(70)60(69)59(68)56(52-64)73-62)63-57(66)49-45-41-37-33-30-26-23-21-19-17-18-20-22-24-27-31-35-39-43-47-51-71-58(67)50-46-42-38-34-28-14-12-10-8-6-4-2/h44,48,54-56,59-62,64-65,68-70H,3-43,45-47,49-53H2,1-2H3,(H,63,66)/b48-44+. The van der Waals surface area contributed by atoms with Gasteiger partial charge < -0.3 is 45.1 Å². The second kappa shape index (κ2) is 52.5. The predicted molar refractivity (Wildman–Crippen MR) is 301 cm³/mol. The van der Waals surface area contributed by atoms with Gasteiger partial charge in [0, 0.05) is 12.8 Å². The van der Waals surface area contributed by atoms with Crippen LogP contribution in [-0.4, -0.2) is 100 Å². The molecule has 0 radical (unpaired) electrons. The van der Waals surface area contributed by atoms with E-state index in [4.69, 9.17) is 14.2 Å². The number of hydrogen-bond acceptors (Lipinski definition) is 10. The van der Waals surface area contributed by atoms with Gasteiger partial charge in [-0.1, -0.05) is 276 Å². The maximum atomic E-state index is 13.1. The lowest BCUT2D eigenvalue weighted by Crippen LogP contribution is -2.60. The zero-order valence-electron chi connectivity index (χ0n) is 47.6. The smallest absolute Gasteiger partial charge is 0.305 e. The number of carbonyl (C=O) groups is 2. The Kier molecular flexibility index (Phi) is 49.9. The topological polar surface area (TPSA) is 175 Å². The van der Waals surface area contributed by atoms with Gasteiger partial charge in [-0.3, -0.25) is 9.59 Å². The van der Waals surface area contributed by atoms with E-state index in [1.165, 1.54) is 225 Å². The Bertz CT molecular complexity index is 1220. The molecular weight excluding hydrogens is 919 g/mol. The largest absolute Gasteiger partial charge is 0.466 e. The van der Waals surface area contributed by atoms with Crippen molar-refractivity contribution in [3.8, 4) is 0 Å². The van der Waals surface area contributed by atoms with Gasteiger partial charge in [0.05, 0.1) is 32.0 Å². The van der Waals surface area contributed by atoms with E-state index in [1.54, 1.807) is 6.08 Å². The molecule has 1 amide bonds. The molecule has 0 bridgehead atoms. The molecule has 11 nitrogen and oxygen atoms in total. The number of carbonyl (C=O) groups excluding carboxylic acids is 2. The highest BCUT2D eigenvalue weighted by molar-refractivity contribution is 5.76. The van der Waals surface area contributed by atoms with E-state index < -0.39 is 49.5 Å². The van der Waals surface area contributed by atoms with Crippen molar-refractivity contribution in [1.29, 1.82) is 0 Å². The number of amides is 1. The van der Waals surface area contributed by atoms with Crippen molar-refractivity contribution in [2.24, 2.45) is 0 Å². The van der Waals surface area contributed by atoms with Crippen LogP contribution in [-0.2, 0) is 23.8 Å². The second-order valence-corrected chi connectivity index (χ2v) is 22.1. The number of rotatable bonds is 55. The summed E-state index contributed by atoms with van der Waals surface area (Å²) in [6.45, 7) is 4.36. The Labute approximate surface area is 448 Å². The lowest BCUT2D eigenvalue weighted by molar-refractivity contribution is -0.302. The molecule has 432 valence electrons. The first-order chi connectivity index (χ1) is 35.7. The number of unbranched alkanes of at least 4 members (excludes halogenated alkanes) is 41. The highest BCUT2D eigenvalue weighted by Crippen LogP contribution is 2.23. The van der Waals surface area contributed by atoms with Gasteiger partial charge in [0.2, 0.25) is 5.91 Å². The van der Waals surface area contributed by atoms with E-state index in [-0.39, 0.29) is 18.5 Å².